The van der Waals surface area contributed by atoms with Gasteiger partial charge in [0, 0.05) is 31.7 Å². The topological polar surface area (TPSA) is 134 Å². The zero-order valence-corrected chi connectivity index (χ0v) is 14.7. The van der Waals surface area contributed by atoms with Crippen LogP contribution in [0.2, 0.25) is 0 Å². The van der Waals surface area contributed by atoms with E-state index in [1.165, 1.54) is 0 Å². The second kappa shape index (κ2) is 6.56. The Kier molecular flexibility index (Phi) is 4.45. The van der Waals surface area contributed by atoms with Crippen LogP contribution in [0.25, 0.3) is 11.2 Å². The summed E-state index contributed by atoms with van der Waals surface area (Å²) in [6.07, 6.45) is 0.600. The van der Waals surface area contributed by atoms with Gasteiger partial charge in [0.25, 0.3) is 0 Å². The Morgan fingerprint density at radius 1 is 1.20 bits per heavy atom. The first kappa shape index (κ1) is 17.0. The molecule has 0 aliphatic rings. The minimum atomic E-state index is -0.00749. The van der Waals surface area contributed by atoms with E-state index in [-0.39, 0.29) is 6.04 Å². The van der Waals surface area contributed by atoms with Crippen molar-refractivity contribution in [2.75, 3.05) is 23.3 Å². The smallest absolute Gasteiger partial charge is 0.226 e. The fourth-order valence-corrected chi connectivity index (χ4v) is 2.67. The lowest BCUT2D eigenvalue weighted by Crippen LogP contribution is -2.26. The van der Waals surface area contributed by atoms with Crippen molar-refractivity contribution in [3.8, 4) is 0 Å². The lowest BCUT2D eigenvalue weighted by atomic mass is 10.1. The molecule has 25 heavy (non-hydrogen) atoms. The van der Waals surface area contributed by atoms with Gasteiger partial charge in [0.15, 0.2) is 17.0 Å². The molecule has 0 saturated carbocycles. The van der Waals surface area contributed by atoms with E-state index in [0.717, 1.165) is 22.6 Å². The highest BCUT2D eigenvalue weighted by molar-refractivity contribution is 5.83. The van der Waals surface area contributed by atoms with E-state index in [1.807, 2.05) is 37.6 Å². The first-order valence-electron chi connectivity index (χ1n) is 8.18. The number of imidazole rings is 1. The fraction of sp³-hybridized carbons (Fsp3) is 0.353. The van der Waals surface area contributed by atoms with E-state index in [0.29, 0.717) is 35.9 Å². The van der Waals surface area contributed by atoms with Crippen LogP contribution in [0.1, 0.15) is 23.9 Å². The molecule has 2 heterocycles. The zero-order chi connectivity index (χ0) is 18.1. The Morgan fingerprint density at radius 3 is 2.68 bits per heavy atom. The number of fused-ring (bicyclic) bond motifs is 1. The van der Waals surface area contributed by atoms with Crippen LogP contribution < -0.4 is 22.5 Å². The number of hydrogen-bond donors (Lipinski definition) is 4. The first-order chi connectivity index (χ1) is 11.8. The molecule has 0 aliphatic heterocycles. The summed E-state index contributed by atoms with van der Waals surface area (Å²) < 4.78 is 1.92. The van der Waals surface area contributed by atoms with Crippen molar-refractivity contribution in [2.24, 2.45) is 12.8 Å². The standard InChI is InChI=1S/C17H24N8/c1-9-4-5-12(19)11(6-9)7-13-22-14-15(20)23-17(21-8-10(2)18)24-16(14)25(13)3/h4-6,10H,7-8,18-19H2,1-3H3,(H3,20,21,23,24). The van der Waals surface area contributed by atoms with Gasteiger partial charge in [-0.15, -0.1) is 0 Å². The molecular formula is C17H24N8. The van der Waals surface area contributed by atoms with Crippen molar-refractivity contribution in [3.05, 3.63) is 35.2 Å². The molecule has 2 aromatic heterocycles. The molecule has 0 bridgehead atoms. The molecule has 0 spiro atoms. The monoisotopic (exact) mass is 340 g/mol. The molecule has 8 nitrogen and oxygen atoms in total. The van der Waals surface area contributed by atoms with E-state index < -0.39 is 0 Å². The molecule has 7 N–H and O–H groups in total. The van der Waals surface area contributed by atoms with Crippen LogP contribution in [-0.2, 0) is 13.5 Å². The first-order valence-corrected chi connectivity index (χ1v) is 8.18. The van der Waals surface area contributed by atoms with E-state index in [2.05, 4.69) is 26.3 Å². The van der Waals surface area contributed by atoms with Gasteiger partial charge in [-0.25, -0.2) is 4.98 Å². The normalized spacial score (nSPS) is 12.5. The summed E-state index contributed by atoms with van der Waals surface area (Å²) >= 11 is 0. The second-order valence-corrected chi connectivity index (χ2v) is 6.43. The SMILES string of the molecule is Cc1ccc(N)c(Cc2nc3c(N)nc(NCC(C)N)nc3n2C)c1. The summed E-state index contributed by atoms with van der Waals surface area (Å²) in [7, 11) is 1.92. The number of anilines is 3. The summed E-state index contributed by atoms with van der Waals surface area (Å²) in [6.45, 7) is 4.51. The third-order valence-corrected chi connectivity index (χ3v) is 4.07. The number of hydrogen-bond acceptors (Lipinski definition) is 7. The number of aromatic nitrogens is 4. The van der Waals surface area contributed by atoms with Gasteiger partial charge < -0.3 is 27.1 Å². The third-order valence-electron chi connectivity index (χ3n) is 4.07. The fourth-order valence-electron chi connectivity index (χ4n) is 2.67. The molecule has 3 aromatic rings. The number of nitrogens with one attached hydrogen (secondary N) is 1. The molecule has 1 atom stereocenters. The van der Waals surface area contributed by atoms with Gasteiger partial charge in [-0.3, -0.25) is 0 Å². The molecule has 0 amide bonds. The quantitative estimate of drug-likeness (QED) is 0.512. The summed E-state index contributed by atoms with van der Waals surface area (Å²) in [6, 6.07) is 5.97. The van der Waals surface area contributed by atoms with Gasteiger partial charge in [-0.1, -0.05) is 17.7 Å². The van der Waals surface area contributed by atoms with Crippen molar-refractivity contribution in [1.29, 1.82) is 0 Å². The van der Waals surface area contributed by atoms with Gasteiger partial charge in [-0.05, 0) is 25.5 Å². The van der Waals surface area contributed by atoms with Crippen LogP contribution in [0.5, 0.6) is 0 Å². The molecular weight excluding hydrogens is 316 g/mol. The minimum absolute atomic E-state index is 0.00749. The average molecular weight is 340 g/mol. The maximum Gasteiger partial charge on any atom is 0.226 e. The molecule has 0 aliphatic carbocycles. The maximum absolute atomic E-state index is 6.09. The lowest BCUT2D eigenvalue weighted by molar-refractivity contribution is 0.773. The summed E-state index contributed by atoms with van der Waals surface area (Å²) in [4.78, 5) is 13.4. The van der Waals surface area contributed by atoms with E-state index in [4.69, 9.17) is 17.2 Å². The molecule has 1 unspecified atom stereocenters. The predicted octanol–water partition coefficient (Wildman–Crippen LogP) is 1.19. The minimum Gasteiger partial charge on any atom is -0.398 e. The van der Waals surface area contributed by atoms with Crippen LogP contribution in [0, 0.1) is 6.92 Å². The highest BCUT2D eigenvalue weighted by Gasteiger charge is 2.15. The van der Waals surface area contributed by atoms with Crippen molar-refractivity contribution in [3.63, 3.8) is 0 Å². The summed E-state index contributed by atoms with van der Waals surface area (Å²) in [5, 5.41) is 3.09. The van der Waals surface area contributed by atoms with Gasteiger partial charge in [0.2, 0.25) is 5.95 Å². The number of benzene rings is 1. The zero-order valence-electron chi connectivity index (χ0n) is 14.7. The molecule has 1 aromatic carbocycles. The number of nitrogen functional groups attached to an aromatic ring is 2. The highest BCUT2D eigenvalue weighted by atomic mass is 15.2. The van der Waals surface area contributed by atoms with Crippen LogP contribution in [0.4, 0.5) is 17.5 Å². The van der Waals surface area contributed by atoms with E-state index in [1.54, 1.807) is 0 Å². The van der Waals surface area contributed by atoms with Gasteiger partial charge in [0.05, 0.1) is 0 Å². The molecule has 0 radical (unpaired) electrons. The second-order valence-electron chi connectivity index (χ2n) is 6.43. The summed E-state index contributed by atoms with van der Waals surface area (Å²) in [5.74, 6) is 1.63. The molecule has 3 rings (SSSR count). The molecule has 8 heteroatoms. The maximum atomic E-state index is 6.09. The largest absolute Gasteiger partial charge is 0.398 e. The number of rotatable bonds is 5. The van der Waals surface area contributed by atoms with Gasteiger partial charge in [0.1, 0.15) is 5.82 Å². The van der Waals surface area contributed by atoms with Crippen LogP contribution in [-0.4, -0.2) is 32.1 Å². The van der Waals surface area contributed by atoms with Crippen LogP contribution in [0.15, 0.2) is 18.2 Å². The number of aryl methyl sites for hydroxylation is 2. The lowest BCUT2D eigenvalue weighted by Gasteiger charge is -2.08. The van der Waals surface area contributed by atoms with Gasteiger partial charge >= 0.3 is 0 Å². The Bertz CT molecular complexity index is 913. The van der Waals surface area contributed by atoms with Crippen LogP contribution >= 0.6 is 0 Å². The summed E-state index contributed by atoms with van der Waals surface area (Å²) in [5.41, 5.74) is 22.1. The van der Waals surface area contributed by atoms with Crippen LogP contribution in [0.3, 0.4) is 0 Å². The molecule has 132 valence electrons. The van der Waals surface area contributed by atoms with Crippen molar-refractivity contribution < 1.29 is 0 Å². The van der Waals surface area contributed by atoms with E-state index >= 15 is 0 Å². The third kappa shape index (κ3) is 3.48. The molecule has 0 saturated heterocycles. The Balaban J connectivity index is 1.98. The predicted molar refractivity (Wildman–Crippen MR) is 101 cm³/mol. The molecule has 0 fully saturated rings. The highest BCUT2D eigenvalue weighted by Crippen LogP contribution is 2.23. The van der Waals surface area contributed by atoms with Crippen molar-refractivity contribution >= 4 is 28.6 Å². The van der Waals surface area contributed by atoms with Crippen molar-refractivity contribution in [2.45, 2.75) is 26.3 Å². The van der Waals surface area contributed by atoms with E-state index in [9.17, 15) is 0 Å². The Hall–Kier alpha value is -2.87. The van der Waals surface area contributed by atoms with Crippen molar-refractivity contribution in [1.82, 2.24) is 19.5 Å². The Labute approximate surface area is 146 Å². The Morgan fingerprint density at radius 2 is 1.96 bits per heavy atom. The number of nitrogens with zero attached hydrogens (tertiary/aromatic N) is 4. The average Bonchev–Trinajstić information content (AvgIpc) is 2.86. The number of nitrogens with two attached hydrogens (primary N) is 3. The van der Waals surface area contributed by atoms with Gasteiger partial charge in [-0.2, -0.15) is 9.97 Å².